The van der Waals surface area contributed by atoms with Crippen molar-refractivity contribution < 1.29 is 0 Å². The minimum absolute atomic E-state index is 0.429. The summed E-state index contributed by atoms with van der Waals surface area (Å²) in [5.74, 6) is 0.810. The monoisotopic (exact) mass is 249 g/mol. The largest absolute Gasteiger partial charge is 0.312 e. The quantitative estimate of drug-likeness (QED) is 0.790. The number of rotatable bonds is 5. The van der Waals surface area contributed by atoms with Gasteiger partial charge in [-0.3, -0.25) is 0 Å². The van der Waals surface area contributed by atoms with Crippen LogP contribution >= 0.6 is 11.6 Å². The topological polar surface area (TPSA) is 12.0 Å². The lowest BCUT2D eigenvalue weighted by molar-refractivity contribution is 0.505. The van der Waals surface area contributed by atoms with E-state index >= 15 is 0 Å². The fourth-order valence-corrected chi connectivity index (χ4v) is 3.10. The highest BCUT2D eigenvalue weighted by atomic mass is 35.5. The second-order valence-electron chi connectivity index (χ2n) is 5.69. The third-order valence-electron chi connectivity index (χ3n) is 4.23. The zero-order chi connectivity index (χ0) is 11.7. The van der Waals surface area contributed by atoms with Crippen LogP contribution in [0.3, 0.4) is 0 Å². The van der Waals surface area contributed by atoms with Gasteiger partial charge in [0.2, 0.25) is 0 Å². The Hall–Kier alpha value is -0.530. The van der Waals surface area contributed by atoms with Crippen LogP contribution in [-0.2, 0) is 19.4 Å². The number of nitrogens with one attached hydrogen (secondary N) is 1. The summed E-state index contributed by atoms with van der Waals surface area (Å²) in [6, 6.07) is 6.97. The van der Waals surface area contributed by atoms with Crippen molar-refractivity contribution in [3.63, 3.8) is 0 Å². The molecule has 92 valence electrons. The van der Waals surface area contributed by atoms with Gasteiger partial charge in [-0.25, -0.2) is 0 Å². The van der Waals surface area contributed by atoms with Gasteiger partial charge < -0.3 is 5.32 Å². The van der Waals surface area contributed by atoms with E-state index < -0.39 is 0 Å². The first-order chi connectivity index (χ1) is 8.31. The summed E-state index contributed by atoms with van der Waals surface area (Å²) in [6.07, 6.45) is 6.48. The van der Waals surface area contributed by atoms with Crippen molar-refractivity contribution in [1.29, 1.82) is 0 Å². The normalized spacial score (nSPS) is 20.3. The average molecular weight is 250 g/mol. The second kappa shape index (κ2) is 4.62. The lowest BCUT2D eigenvalue weighted by Crippen LogP contribution is -2.24. The highest BCUT2D eigenvalue weighted by Gasteiger charge is 2.41. The smallest absolute Gasteiger partial charge is 0.0292 e. The predicted octanol–water partition coefficient (Wildman–Crippen LogP) is 3.28. The molecule has 1 nitrogen and oxygen atoms in total. The van der Waals surface area contributed by atoms with Crippen LogP contribution < -0.4 is 5.32 Å². The average Bonchev–Trinajstić information content (AvgIpc) is 2.98. The van der Waals surface area contributed by atoms with Gasteiger partial charge in [0, 0.05) is 19.0 Å². The Morgan fingerprint density at radius 3 is 2.76 bits per heavy atom. The van der Waals surface area contributed by atoms with E-state index in [9.17, 15) is 0 Å². The van der Waals surface area contributed by atoms with Gasteiger partial charge in [0.15, 0.2) is 0 Å². The first-order valence-corrected chi connectivity index (χ1v) is 7.22. The number of alkyl halides is 1. The van der Waals surface area contributed by atoms with Crippen molar-refractivity contribution in [3.8, 4) is 0 Å². The molecule has 0 amide bonds. The van der Waals surface area contributed by atoms with E-state index in [0.717, 1.165) is 19.0 Å². The van der Waals surface area contributed by atoms with Gasteiger partial charge in [0.05, 0.1) is 0 Å². The Bertz CT molecular complexity index is 409. The Morgan fingerprint density at radius 1 is 1.18 bits per heavy atom. The van der Waals surface area contributed by atoms with Gasteiger partial charge >= 0.3 is 0 Å². The third kappa shape index (κ3) is 2.51. The Labute approximate surface area is 109 Å². The van der Waals surface area contributed by atoms with Crippen LogP contribution in [0.15, 0.2) is 18.2 Å². The predicted molar refractivity (Wildman–Crippen MR) is 72.6 cm³/mol. The number of aryl methyl sites for hydroxylation is 2. The van der Waals surface area contributed by atoms with Gasteiger partial charge in [-0.1, -0.05) is 18.2 Å². The fraction of sp³-hybridized carbons (Fsp3) is 0.600. The highest BCUT2D eigenvalue weighted by Crippen LogP contribution is 2.45. The molecule has 0 spiro atoms. The van der Waals surface area contributed by atoms with Crippen molar-refractivity contribution >= 4 is 11.6 Å². The zero-order valence-corrected chi connectivity index (χ0v) is 11.0. The molecule has 0 radical (unpaired) electrons. The molecular formula is C15H20ClN. The van der Waals surface area contributed by atoms with E-state index in [2.05, 4.69) is 23.5 Å². The molecular weight excluding hydrogens is 230 g/mol. The van der Waals surface area contributed by atoms with Crippen LogP contribution in [0.1, 0.15) is 36.0 Å². The summed E-state index contributed by atoms with van der Waals surface area (Å²) >= 11 is 5.97. The molecule has 1 N–H and O–H groups in total. The SMILES string of the molecule is ClCC1(CNCc2ccc3c(c2)CCC3)CC1. The maximum Gasteiger partial charge on any atom is 0.0292 e. The number of hydrogen-bond acceptors (Lipinski definition) is 1. The molecule has 0 aromatic heterocycles. The molecule has 0 unspecified atom stereocenters. The van der Waals surface area contributed by atoms with E-state index in [-0.39, 0.29) is 0 Å². The minimum Gasteiger partial charge on any atom is -0.312 e. The molecule has 2 aliphatic carbocycles. The molecule has 3 rings (SSSR count). The van der Waals surface area contributed by atoms with Crippen molar-refractivity contribution in [2.75, 3.05) is 12.4 Å². The van der Waals surface area contributed by atoms with Gasteiger partial charge in [-0.2, -0.15) is 0 Å². The molecule has 0 saturated heterocycles. The maximum absolute atomic E-state index is 5.97. The van der Waals surface area contributed by atoms with Crippen molar-refractivity contribution in [2.45, 2.75) is 38.6 Å². The van der Waals surface area contributed by atoms with Crippen LogP contribution in [0.25, 0.3) is 0 Å². The highest BCUT2D eigenvalue weighted by molar-refractivity contribution is 6.18. The van der Waals surface area contributed by atoms with Gasteiger partial charge in [0.1, 0.15) is 0 Å². The van der Waals surface area contributed by atoms with Crippen molar-refractivity contribution in [3.05, 3.63) is 34.9 Å². The fourth-order valence-electron chi connectivity index (χ4n) is 2.74. The molecule has 0 heterocycles. The van der Waals surface area contributed by atoms with Crippen LogP contribution in [0.4, 0.5) is 0 Å². The van der Waals surface area contributed by atoms with Crippen molar-refractivity contribution in [2.24, 2.45) is 5.41 Å². The first-order valence-electron chi connectivity index (χ1n) is 6.69. The van der Waals surface area contributed by atoms with E-state index in [1.54, 1.807) is 11.1 Å². The molecule has 2 heteroatoms. The Morgan fingerprint density at radius 2 is 2.00 bits per heavy atom. The molecule has 0 atom stereocenters. The third-order valence-corrected chi connectivity index (χ3v) is 4.80. The summed E-state index contributed by atoms with van der Waals surface area (Å²) in [5, 5.41) is 3.56. The molecule has 1 aromatic rings. The minimum atomic E-state index is 0.429. The standard InChI is InChI=1S/C15H20ClN/c16-10-15(6-7-15)11-17-9-12-4-5-13-2-1-3-14(13)8-12/h4-5,8,17H,1-3,6-7,9-11H2. The molecule has 2 aliphatic rings. The number of halogens is 1. The summed E-state index contributed by atoms with van der Waals surface area (Å²) in [5.41, 5.74) is 4.99. The zero-order valence-electron chi connectivity index (χ0n) is 10.3. The summed E-state index contributed by atoms with van der Waals surface area (Å²) in [6.45, 7) is 2.07. The van der Waals surface area contributed by atoms with E-state index in [0.29, 0.717) is 5.41 Å². The van der Waals surface area contributed by atoms with Crippen LogP contribution in [-0.4, -0.2) is 12.4 Å². The van der Waals surface area contributed by atoms with Gasteiger partial charge in [-0.15, -0.1) is 11.6 Å². The van der Waals surface area contributed by atoms with Crippen molar-refractivity contribution in [1.82, 2.24) is 5.32 Å². The van der Waals surface area contributed by atoms with Crippen LogP contribution in [0.5, 0.6) is 0 Å². The van der Waals surface area contributed by atoms with Crippen LogP contribution in [0.2, 0.25) is 0 Å². The number of fused-ring (bicyclic) bond motifs is 1. The van der Waals surface area contributed by atoms with E-state index in [1.165, 1.54) is 37.7 Å². The Balaban J connectivity index is 1.55. The van der Waals surface area contributed by atoms with Gasteiger partial charge in [-0.05, 0) is 54.2 Å². The molecule has 0 bridgehead atoms. The molecule has 1 aromatic carbocycles. The summed E-state index contributed by atoms with van der Waals surface area (Å²) in [7, 11) is 0. The summed E-state index contributed by atoms with van der Waals surface area (Å²) in [4.78, 5) is 0. The lowest BCUT2D eigenvalue weighted by atomic mass is 10.1. The summed E-state index contributed by atoms with van der Waals surface area (Å²) < 4.78 is 0. The molecule has 0 aliphatic heterocycles. The van der Waals surface area contributed by atoms with E-state index in [4.69, 9.17) is 11.6 Å². The Kier molecular flexibility index (Phi) is 3.14. The van der Waals surface area contributed by atoms with Gasteiger partial charge in [0.25, 0.3) is 0 Å². The number of hydrogen-bond donors (Lipinski definition) is 1. The van der Waals surface area contributed by atoms with Crippen LogP contribution in [0, 0.1) is 5.41 Å². The second-order valence-corrected chi connectivity index (χ2v) is 5.96. The lowest BCUT2D eigenvalue weighted by Gasteiger charge is -2.13. The maximum atomic E-state index is 5.97. The molecule has 17 heavy (non-hydrogen) atoms. The first kappa shape index (κ1) is 11.6. The molecule has 1 fully saturated rings. The number of benzene rings is 1. The van der Waals surface area contributed by atoms with E-state index in [1.807, 2.05) is 0 Å². The molecule has 1 saturated carbocycles.